The highest BCUT2D eigenvalue weighted by molar-refractivity contribution is 7.88. The molecule has 0 heterocycles. The summed E-state index contributed by atoms with van der Waals surface area (Å²) in [5.41, 5.74) is -4.86. The molecule has 0 spiro atoms. The summed E-state index contributed by atoms with van der Waals surface area (Å²) in [6, 6.07) is 12.3. The van der Waals surface area contributed by atoms with Gasteiger partial charge in [0.2, 0.25) is 0 Å². The van der Waals surface area contributed by atoms with Crippen LogP contribution >= 0.6 is 0 Å². The first-order valence-corrected chi connectivity index (χ1v) is 8.99. The zero-order valence-corrected chi connectivity index (χ0v) is 14.2. The Bertz CT molecular complexity index is 817. The third-order valence-corrected chi connectivity index (χ3v) is 4.27. The minimum atomic E-state index is -5.76. The summed E-state index contributed by atoms with van der Waals surface area (Å²) in [5.74, 6) is 0.0303. The molecule has 0 saturated carbocycles. The highest BCUT2D eigenvalue weighted by Crippen LogP contribution is 2.38. The topological polar surface area (TPSA) is 52.6 Å². The molecule has 8 heteroatoms. The number of ether oxygens (including phenoxy) is 1. The van der Waals surface area contributed by atoms with Crippen LogP contribution in [0.25, 0.3) is 11.1 Å². The van der Waals surface area contributed by atoms with Gasteiger partial charge in [-0.3, -0.25) is 0 Å². The number of para-hydroxylation sites is 2. The standard InChI is InChI=1S/C17H17F3O4S/c1-2-3-12-23-15-10-6-4-8-13(15)14-9-5-7-11-16(14)24-25(21,22)17(18,19)20/h4-11H,2-3,12H2,1H3. The van der Waals surface area contributed by atoms with Gasteiger partial charge in [0.15, 0.2) is 5.75 Å². The monoisotopic (exact) mass is 374 g/mol. The maximum Gasteiger partial charge on any atom is 0.534 e. The van der Waals surface area contributed by atoms with E-state index < -0.39 is 21.4 Å². The van der Waals surface area contributed by atoms with E-state index >= 15 is 0 Å². The number of hydrogen-bond donors (Lipinski definition) is 0. The Balaban J connectivity index is 2.42. The molecule has 2 rings (SSSR count). The van der Waals surface area contributed by atoms with E-state index in [4.69, 9.17) is 4.74 Å². The summed E-state index contributed by atoms with van der Waals surface area (Å²) in [7, 11) is -5.76. The SMILES string of the molecule is CCCCOc1ccccc1-c1ccccc1OS(=O)(=O)C(F)(F)F. The second-order valence-electron chi connectivity index (χ2n) is 5.18. The van der Waals surface area contributed by atoms with Crippen LogP contribution in [0.1, 0.15) is 19.8 Å². The van der Waals surface area contributed by atoms with Gasteiger partial charge in [-0.25, -0.2) is 0 Å². The van der Waals surface area contributed by atoms with Crippen molar-refractivity contribution in [3.63, 3.8) is 0 Å². The van der Waals surface area contributed by atoms with Crippen LogP contribution in [0.3, 0.4) is 0 Å². The Hall–Kier alpha value is -2.22. The molecule has 25 heavy (non-hydrogen) atoms. The predicted octanol–water partition coefficient (Wildman–Crippen LogP) is 4.76. The number of rotatable bonds is 7. The molecule has 0 aromatic heterocycles. The lowest BCUT2D eigenvalue weighted by Crippen LogP contribution is -2.28. The zero-order chi connectivity index (χ0) is 18.5. The Morgan fingerprint density at radius 1 is 0.920 bits per heavy atom. The van der Waals surface area contributed by atoms with Gasteiger partial charge >= 0.3 is 15.6 Å². The maximum atomic E-state index is 12.6. The fourth-order valence-corrected chi connectivity index (χ4v) is 2.54. The van der Waals surface area contributed by atoms with Gasteiger partial charge in [-0.2, -0.15) is 21.6 Å². The molecule has 0 aliphatic heterocycles. The van der Waals surface area contributed by atoms with Crippen molar-refractivity contribution in [2.75, 3.05) is 6.61 Å². The van der Waals surface area contributed by atoms with E-state index in [9.17, 15) is 21.6 Å². The van der Waals surface area contributed by atoms with E-state index in [0.717, 1.165) is 12.8 Å². The van der Waals surface area contributed by atoms with E-state index in [1.807, 2.05) is 6.92 Å². The lowest BCUT2D eigenvalue weighted by molar-refractivity contribution is -0.0499. The van der Waals surface area contributed by atoms with Crippen LogP contribution < -0.4 is 8.92 Å². The van der Waals surface area contributed by atoms with E-state index in [2.05, 4.69) is 4.18 Å². The molecule has 0 N–H and O–H groups in total. The maximum absolute atomic E-state index is 12.6. The van der Waals surface area contributed by atoms with E-state index in [1.54, 1.807) is 30.3 Å². The van der Waals surface area contributed by atoms with Gasteiger partial charge in [0.05, 0.1) is 6.61 Å². The van der Waals surface area contributed by atoms with Crippen LogP contribution in [0.4, 0.5) is 13.2 Å². The average Bonchev–Trinajstić information content (AvgIpc) is 2.55. The van der Waals surface area contributed by atoms with Crippen molar-refractivity contribution in [1.29, 1.82) is 0 Å². The van der Waals surface area contributed by atoms with Crippen LogP contribution in [-0.2, 0) is 10.1 Å². The minimum Gasteiger partial charge on any atom is -0.493 e. The van der Waals surface area contributed by atoms with Crippen molar-refractivity contribution in [2.45, 2.75) is 25.3 Å². The Morgan fingerprint density at radius 3 is 2.00 bits per heavy atom. The number of hydrogen-bond acceptors (Lipinski definition) is 4. The Labute approximate surface area is 144 Å². The number of alkyl halides is 3. The molecular formula is C17H17F3O4S. The lowest BCUT2D eigenvalue weighted by Gasteiger charge is -2.15. The molecule has 0 saturated heterocycles. The van der Waals surface area contributed by atoms with Crippen LogP contribution in [0, 0.1) is 0 Å². The molecule has 2 aromatic carbocycles. The van der Waals surface area contributed by atoms with Crippen molar-refractivity contribution in [3.8, 4) is 22.6 Å². The summed E-state index contributed by atoms with van der Waals surface area (Å²) in [5, 5.41) is 0. The first-order chi connectivity index (χ1) is 11.8. The lowest BCUT2D eigenvalue weighted by atomic mass is 10.0. The van der Waals surface area contributed by atoms with Crippen LogP contribution in [0.5, 0.6) is 11.5 Å². The Kier molecular flexibility index (Phi) is 5.94. The molecule has 2 aromatic rings. The molecule has 0 amide bonds. The molecule has 0 radical (unpaired) electrons. The normalized spacial score (nSPS) is 12.0. The number of unbranched alkanes of at least 4 members (excludes halogenated alkanes) is 1. The van der Waals surface area contributed by atoms with Gasteiger partial charge in [-0.15, -0.1) is 0 Å². The molecule has 136 valence electrons. The number of benzene rings is 2. The van der Waals surface area contributed by atoms with Gasteiger partial charge in [0, 0.05) is 11.1 Å². The summed E-state index contributed by atoms with van der Waals surface area (Å²) in [6.07, 6.45) is 1.74. The highest BCUT2D eigenvalue weighted by atomic mass is 32.2. The van der Waals surface area contributed by atoms with Gasteiger partial charge in [-0.1, -0.05) is 49.7 Å². The molecule has 0 aliphatic carbocycles. The molecule has 0 aliphatic rings. The smallest absolute Gasteiger partial charge is 0.493 e. The van der Waals surface area contributed by atoms with Crippen molar-refractivity contribution in [2.24, 2.45) is 0 Å². The second-order valence-corrected chi connectivity index (χ2v) is 6.72. The van der Waals surface area contributed by atoms with Gasteiger partial charge < -0.3 is 8.92 Å². The first kappa shape index (κ1) is 19.1. The Morgan fingerprint density at radius 2 is 1.44 bits per heavy atom. The van der Waals surface area contributed by atoms with Gasteiger partial charge in [0.25, 0.3) is 0 Å². The molecule has 0 fully saturated rings. The van der Waals surface area contributed by atoms with E-state index in [-0.39, 0.29) is 5.56 Å². The summed E-state index contributed by atoms with van der Waals surface area (Å²) in [4.78, 5) is 0. The molecular weight excluding hydrogens is 357 g/mol. The van der Waals surface area contributed by atoms with Crippen molar-refractivity contribution >= 4 is 10.1 Å². The molecule has 0 unspecified atom stereocenters. The van der Waals surface area contributed by atoms with Crippen molar-refractivity contribution in [3.05, 3.63) is 48.5 Å². The molecule has 0 atom stereocenters. The second kappa shape index (κ2) is 7.77. The summed E-state index contributed by atoms with van der Waals surface area (Å²) >= 11 is 0. The summed E-state index contributed by atoms with van der Waals surface area (Å²) in [6.45, 7) is 2.44. The zero-order valence-electron chi connectivity index (χ0n) is 13.4. The highest BCUT2D eigenvalue weighted by Gasteiger charge is 2.48. The molecule has 4 nitrogen and oxygen atoms in total. The average molecular weight is 374 g/mol. The van der Waals surface area contributed by atoms with Crippen LogP contribution in [0.2, 0.25) is 0 Å². The fraction of sp³-hybridized carbons (Fsp3) is 0.294. The van der Waals surface area contributed by atoms with Crippen molar-refractivity contribution in [1.82, 2.24) is 0 Å². The van der Waals surface area contributed by atoms with Crippen molar-refractivity contribution < 1.29 is 30.5 Å². The third-order valence-electron chi connectivity index (χ3n) is 3.30. The van der Waals surface area contributed by atoms with Crippen LogP contribution in [-0.4, -0.2) is 20.5 Å². The van der Waals surface area contributed by atoms with Gasteiger partial charge in [-0.05, 0) is 18.6 Å². The molecule has 0 bridgehead atoms. The number of halogens is 3. The first-order valence-electron chi connectivity index (χ1n) is 7.58. The third kappa shape index (κ3) is 4.66. The fourth-order valence-electron chi connectivity index (χ4n) is 2.07. The predicted molar refractivity (Wildman–Crippen MR) is 87.9 cm³/mol. The van der Waals surface area contributed by atoms with Crippen LogP contribution in [0.15, 0.2) is 48.5 Å². The van der Waals surface area contributed by atoms with Gasteiger partial charge in [0.1, 0.15) is 5.75 Å². The minimum absolute atomic E-state index is 0.197. The largest absolute Gasteiger partial charge is 0.534 e. The van der Waals surface area contributed by atoms with E-state index in [0.29, 0.717) is 17.9 Å². The summed E-state index contributed by atoms with van der Waals surface area (Å²) < 4.78 is 70.4. The van der Waals surface area contributed by atoms with E-state index in [1.165, 1.54) is 18.2 Å². The quantitative estimate of drug-likeness (QED) is 0.398.